The summed E-state index contributed by atoms with van der Waals surface area (Å²) >= 11 is 0. The van der Waals surface area contributed by atoms with Crippen molar-refractivity contribution >= 4 is 17.3 Å². The first-order valence-electron chi connectivity index (χ1n) is 7.64. The number of benzene rings is 2. The number of carbonyl (C=O) groups excluding carboxylic acids is 1. The first-order chi connectivity index (χ1) is 12.1. The average molecular weight is 337 g/mol. The number of aromatic nitrogens is 1. The molecular weight excluding hydrogens is 321 g/mol. The van der Waals surface area contributed by atoms with Crippen molar-refractivity contribution in [2.45, 2.75) is 6.54 Å². The van der Waals surface area contributed by atoms with Crippen molar-refractivity contribution in [2.75, 3.05) is 10.6 Å². The Bertz CT molecular complexity index is 868. The molecule has 0 saturated carbocycles. The number of aromatic hydroxyl groups is 1. The van der Waals surface area contributed by atoms with Crippen molar-refractivity contribution in [3.63, 3.8) is 0 Å². The van der Waals surface area contributed by atoms with E-state index in [9.17, 15) is 14.3 Å². The molecule has 0 fully saturated rings. The SMILES string of the molecule is O=C(Nc1cc(F)ccc1O)c1ccc(CNc2ccncc2)cc1. The summed E-state index contributed by atoms with van der Waals surface area (Å²) in [6.45, 7) is 0.608. The molecule has 0 unspecified atom stereocenters. The molecule has 1 amide bonds. The summed E-state index contributed by atoms with van der Waals surface area (Å²) in [7, 11) is 0. The molecule has 0 aliphatic heterocycles. The average Bonchev–Trinajstić information content (AvgIpc) is 2.64. The van der Waals surface area contributed by atoms with Crippen LogP contribution in [0.2, 0.25) is 0 Å². The zero-order chi connectivity index (χ0) is 17.6. The number of hydrogen-bond acceptors (Lipinski definition) is 4. The van der Waals surface area contributed by atoms with E-state index in [-0.39, 0.29) is 11.4 Å². The van der Waals surface area contributed by atoms with Crippen LogP contribution in [0.3, 0.4) is 0 Å². The molecule has 0 spiro atoms. The fourth-order valence-corrected chi connectivity index (χ4v) is 2.25. The summed E-state index contributed by atoms with van der Waals surface area (Å²) in [5, 5.41) is 15.4. The molecule has 5 nitrogen and oxygen atoms in total. The van der Waals surface area contributed by atoms with E-state index in [1.807, 2.05) is 24.3 Å². The molecule has 2 aromatic carbocycles. The summed E-state index contributed by atoms with van der Waals surface area (Å²) in [6.07, 6.45) is 3.41. The van der Waals surface area contributed by atoms with E-state index in [4.69, 9.17) is 0 Å². The Labute approximate surface area is 144 Å². The van der Waals surface area contributed by atoms with Crippen LogP contribution in [0, 0.1) is 5.82 Å². The smallest absolute Gasteiger partial charge is 0.255 e. The van der Waals surface area contributed by atoms with Crippen molar-refractivity contribution in [3.05, 3.63) is 83.9 Å². The van der Waals surface area contributed by atoms with E-state index in [2.05, 4.69) is 15.6 Å². The summed E-state index contributed by atoms with van der Waals surface area (Å²) < 4.78 is 13.2. The Morgan fingerprint density at radius 2 is 1.76 bits per heavy atom. The number of phenols is 1. The second-order valence-electron chi connectivity index (χ2n) is 5.40. The highest BCUT2D eigenvalue weighted by Gasteiger charge is 2.10. The molecule has 0 bridgehead atoms. The van der Waals surface area contributed by atoms with Crippen molar-refractivity contribution in [1.29, 1.82) is 0 Å². The van der Waals surface area contributed by atoms with Gasteiger partial charge in [0.15, 0.2) is 0 Å². The minimum Gasteiger partial charge on any atom is -0.506 e. The zero-order valence-corrected chi connectivity index (χ0v) is 13.2. The number of phenolic OH excluding ortho intramolecular Hbond substituents is 1. The third kappa shape index (κ3) is 4.32. The molecule has 25 heavy (non-hydrogen) atoms. The Balaban J connectivity index is 1.63. The van der Waals surface area contributed by atoms with Crippen LogP contribution in [-0.4, -0.2) is 16.0 Å². The molecule has 1 aromatic heterocycles. The quantitative estimate of drug-likeness (QED) is 0.619. The van der Waals surface area contributed by atoms with E-state index in [0.717, 1.165) is 23.4 Å². The minimum atomic E-state index is -0.536. The fraction of sp³-hybridized carbons (Fsp3) is 0.0526. The molecule has 1 heterocycles. The lowest BCUT2D eigenvalue weighted by Crippen LogP contribution is -2.12. The zero-order valence-electron chi connectivity index (χ0n) is 13.2. The monoisotopic (exact) mass is 337 g/mol. The van der Waals surface area contributed by atoms with Gasteiger partial charge in [-0.3, -0.25) is 9.78 Å². The predicted octanol–water partition coefficient (Wildman–Crippen LogP) is 3.79. The molecule has 3 rings (SSSR count). The topological polar surface area (TPSA) is 74.2 Å². The van der Waals surface area contributed by atoms with Gasteiger partial charge in [-0.05, 0) is 42.0 Å². The molecule has 0 aliphatic carbocycles. The van der Waals surface area contributed by atoms with Gasteiger partial charge in [0.05, 0.1) is 5.69 Å². The van der Waals surface area contributed by atoms with Crippen molar-refractivity contribution in [3.8, 4) is 5.75 Å². The van der Waals surface area contributed by atoms with Gasteiger partial charge in [-0.2, -0.15) is 0 Å². The first-order valence-corrected chi connectivity index (χ1v) is 7.64. The first kappa shape index (κ1) is 16.4. The number of amides is 1. The van der Waals surface area contributed by atoms with Gasteiger partial charge in [-0.15, -0.1) is 0 Å². The van der Waals surface area contributed by atoms with Gasteiger partial charge in [0.1, 0.15) is 11.6 Å². The number of carbonyl (C=O) groups is 1. The number of nitrogens with zero attached hydrogens (tertiary/aromatic N) is 1. The number of anilines is 2. The van der Waals surface area contributed by atoms with Gasteiger partial charge in [-0.1, -0.05) is 12.1 Å². The van der Waals surface area contributed by atoms with E-state index in [0.29, 0.717) is 12.1 Å². The minimum absolute atomic E-state index is 0.0356. The summed E-state index contributed by atoms with van der Waals surface area (Å²) in [5.41, 5.74) is 2.41. The number of rotatable bonds is 5. The maximum Gasteiger partial charge on any atom is 0.255 e. The standard InChI is InChI=1S/C19H16FN3O2/c20-15-5-6-18(24)17(11-15)23-19(25)14-3-1-13(2-4-14)12-22-16-7-9-21-10-8-16/h1-11,24H,12H2,(H,21,22)(H,23,25). The van der Waals surface area contributed by atoms with Crippen LogP contribution in [0.4, 0.5) is 15.8 Å². The lowest BCUT2D eigenvalue weighted by molar-refractivity contribution is 0.102. The van der Waals surface area contributed by atoms with Gasteiger partial charge in [0.25, 0.3) is 5.91 Å². The van der Waals surface area contributed by atoms with Crippen LogP contribution in [0.15, 0.2) is 67.0 Å². The predicted molar refractivity (Wildman–Crippen MR) is 94.0 cm³/mol. The lowest BCUT2D eigenvalue weighted by Gasteiger charge is -2.09. The third-order valence-corrected chi connectivity index (χ3v) is 3.60. The van der Waals surface area contributed by atoms with E-state index in [1.165, 1.54) is 6.07 Å². The van der Waals surface area contributed by atoms with Gasteiger partial charge >= 0.3 is 0 Å². The van der Waals surface area contributed by atoms with Crippen LogP contribution < -0.4 is 10.6 Å². The molecule has 0 saturated heterocycles. The fourth-order valence-electron chi connectivity index (χ4n) is 2.25. The lowest BCUT2D eigenvalue weighted by atomic mass is 10.1. The molecular formula is C19H16FN3O2. The molecule has 126 valence electrons. The van der Waals surface area contributed by atoms with Gasteiger partial charge < -0.3 is 15.7 Å². The Morgan fingerprint density at radius 3 is 2.48 bits per heavy atom. The van der Waals surface area contributed by atoms with Crippen LogP contribution in [0.25, 0.3) is 0 Å². The summed E-state index contributed by atoms with van der Waals surface area (Å²) in [6, 6.07) is 14.1. The van der Waals surface area contributed by atoms with E-state index < -0.39 is 11.7 Å². The number of nitrogens with one attached hydrogen (secondary N) is 2. The van der Waals surface area contributed by atoms with E-state index >= 15 is 0 Å². The number of halogens is 1. The van der Waals surface area contributed by atoms with Gasteiger partial charge in [0, 0.05) is 36.3 Å². The second-order valence-corrected chi connectivity index (χ2v) is 5.40. The van der Waals surface area contributed by atoms with Gasteiger partial charge in [0.2, 0.25) is 0 Å². The third-order valence-electron chi connectivity index (χ3n) is 3.60. The maximum absolute atomic E-state index is 13.2. The van der Waals surface area contributed by atoms with Crippen LogP contribution >= 0.6 is 0 Å². The van der Waals surface area contributed by atoms with Crippen molar-refractivity contribution < 1.29 is 14.3 Å². The summed E-state index contributed by atoms with van der Waals surface area (Å²) in [4.78, 5) is 16.2. The molecule has 0 atom stereocenters. The van der Waals surface area contributed by atoms with Gasteiger partial charge in [-0.25, -0.2) is 4.39 Å². The molecule has 0 radical (unpaired) electrons. The highest BCUT2D eigenvalue weighted by Crippen LogP contribution is 2.24. The number of hydrogen-bond donors (Lipinski definition) is 3. The van der Waals surface area contributed by atoms with Crippen LogP contribution in [-0.2, 0) is 6.54 Å². The highest BCUT2D eigenvalue weighted by atomic mass is 19.1. The maximum atomic E-state index is 13.2. The van der Waals surface area contributed by atoms with Crippen LogP contribution in [0.5, 0.6) is 5.75 Å². The molecule has 3 N–H and O–H groups in total. The molecule has 3 aromatic rings. The number of pyridine rings is 1. The normalized spacial score (nSPS) is 10.3. The van der Waals surface area contributed by atoms with Crippen molar-refractivity contribution in [2.24, 2.45) is 0 Å². The van der Waals surface area contributed by atoms with E-state index in [1.54, 1.807) is 24.5 Å². The Hall–Kier alpha value is -3.41. The summed E-state index contributed by atoms with van der Waals surface area (Å²) in [5.74, 6) is -1.15. The Kier molecular flexibility index (Phi) is 4.89. The van der Waals surface area contributed by atoms with Crippen molar-refractivity contribution in [1.82, 2.24) is 4.98 Å². The highest BCUT2D eigenvalue weighted by molar-refractivity contribution is 6.05. The molecule has 6 heteroatoms. The second kappa shape index (κ2) is 7.44. The van der Waals surface area contributed by atoms with Crippen LogP contribution in [0.1, 0.15) is 15.9 Å². The molecule has 0 aliphatic rings. The largest absolute Gasteiger partial charge is 0.506 e. The Morgan fingerprint density at radius 1 is 1.04 bits per heavy atom.